The summed E-state index contributed by atoms with van der Waals surface area (Å²) in [5.41, 5.74) is 7.52. The van der Waals surface area contributed by atoms with Gasteiger partial charge in [-0.1, -0.05) is 6.92 Å². The summed E-state index contributed by atoms with van der Waals surface area (Å²) in [4.78, 5) is 0. The smallest absolute Gasteiger partial charge is 0.163 e. The van der Waals surface area contributed by atoms with E-state index in [4.69, 9.17) is 19.9 Å². The van der Waals surface area contributed by atoms with Crippen LogP contribution in [0.1, 0.15) is 6.92 Å². The molecule has 5 heteroatoms. The predicted molar refractivity (Wildman–Crippen MR) is 71.4 cm³/mol. The Hall–Kier alpha value is -1.62. The summed E-state index contributed by atoms with van der Waals surface area (Å²) >= 11 is 0. The highest BCUT2D eigenvalue weighted by molar-refractivity contribution is 5.72. The van der Waals surface area contributed by atoms with Crippen LogP contribution in [0.3, 0.4) is 0 Å². The van der Waals surface area contributed by atoms with Crippen LogP contribution in [0.4, 0.5) is 11.4 Å². The van der Waals surface area contributed by atoms with Crippen molar-refractivity contribution in [3.05, 3.63) is 12.1 Å². The van der Waals surface area contributed by atoms with Gasteiger partial charge in [-0.05, 0) is 5.92 Å². The molecule has 18 heavy (non-hydrogen) atoms. The Kier molecular flexibility index (Phi) is 4.15. The second kappa shape index (κ2) is 5.82. The van der Waals surface area contributed by atoms with E-state index in [0.29, 0.717) is 30.6 Å². The SMILES string of the molecule is COCC(C)CNc1cc2c(cc1N)OCCO2. The van der Waals surface area contributed by atoms with E-state index in [0.717, 1.165) is 24.6 Å². The van der Waals surface area contributed by atoms with Gasteiger partial charge in [-0.2, -0.15) is 0 Å². The van der Waals surface area contributed by atoms with Crippen molar-refractivity contribution < 1.29 is 14.2 Å². The van der Waals surface area contributed by atoms with Crippen molar-refractivity contribution in [1.82, 2.24) is 0 Å². The van der Waals surface area contributed by atoms with Crippen molar-refractivity contribution >= 4 is 11.4 Å². The number of anilines is 2. The summed E-state index contributed by atoms with van der Waals surface area (Å²) < 4.78 is 16.1. The molecule has 1 heterocycles. The van der Waals surface area contributed by atoms with Crippen molar-refractivity contribution in [2.45, 2.75) is 6.92 Å². The quantitative estimate of drug-likeness (QED) is 0.781. The Morgan fingerprint density at radius 3 is 2.67 bits per heavy atom. The van der Waals surface area contributed by atoms with E-state index in [2.05, 4.69) is 12.2 Å². The van der Waals surface area contributed by atoms with Gasteiger partial charge in [0.15, 0.2) is 11.5 Å². The third-order valence-corrected chi connectivity index (χ3v) is 2.81. The highest BCUT2D eigenvalue weighted by Gasteiger charge is 2.14. The Balaban J connectivity index is 2.04. The molecular formula is C13H20N2O3. The van der Waals surface area contributed by atoms with Crippen LogP contribution in [0, 0.1) is 5.92 Å². The average molecular weight is 252 g/mol. The van der Waals surface area contributed by atoms with E-state index in [1.807, 2.05) is 6.07 Å². The van der Waals surface area contributed by atoms with Gasteiger partial charge in [0.2, 0.25) is 0 Å². The molecule has 0 bridgehead atoms. The molecule has 0 spiro atoms. The van der Waals surface area contributed by atoms with Gasteiger partial charge in [0.05, 0.1) is 18.0 Å². The molecule has 1 atom stereocenters. The normalized spacial score (nSPS) is 15.2. The lowest BCUT2D eigenvalue weighted by Crippen LogP contribution is -2.18. The van der Waals surface area contributed by atoms with E-state index >= 15 is 0 Å². The standard InChI is InChI=1S/C13H20N2O3/c1-9(8-16-2)7-15-11-6-13-12(5-10(11)14)17-3-4-18-13/h5-6,9,15H,3-4,7-8,14H2,1-2H3. The fourth-order valence-corrected chi connectivity index (χ4v) is 1.89. The molecule has 5 nitrogen and oxygen atoms in total. The number of benzene rings is 1. The molecule has 0 aliphatic carbocycles. The number of fused-ring (bicyclic) bond motifs is 1. The molecule has 0 saturated heterocycles. The van der Waals surface area contributed by atoms with Crippen molar-refractivity contribution in [1.29, 1.82) is 0 Å². The fourth-order valence-electron chi connectivity index (χ4n) is 1.89. The summed E-state index contributed by atoms with van der Waals surface area (Å²) in [6.45, 7) is 4.79. The molecule has 1 aliphatic rings. The number of nitrogens with one attached hydrogen (secondary N) is 1. The largest absolute Gasteiger partial charge is 0.486 e. The van der Waals surface area contributed by atoms with E-state index in [9.17, 15) is 0 Å². The summed E-state index contributed by atoms with van der Waals surface area (Å²) in [5, 5.41) is 3.31. The minimum Gasteiger partial charge on any atom is -0.486 e. The topological polar surface area (TPSA) is 65.7 Å². The predicted octanol–water partition coefficient (Wildman–Crippen LogP) is 1.73. The lowest BCUT2D eigenvalue weighted by atomic mass is 10.2. The van der Waals surface area contributed by atoms with Gasteiger partial charge < -0.3 is 25.3 Å². The first-order valence-electron chi connectivity index (χ1n) is 6.12. The van der Waals surface area contributed by atoms with Crippen molar-refractivity contribution in [2.75, 3.05) is 44.5 Å². The summed E-state index contributed by atoms with van der Waals surface area (Å²) in [6, 6.07) is 3.70. The van der Waals surface area contributed by atoms with E-state index in [1.54, 1.807) is 13.2 Å². The van der Waals surface area contributed by atoms with E-state index in [-0.39, 0.29) is 0 Å². The molecule has 0 aromatic heterocycles. The third kappa shape index (κ3) is 2.98. The number of nitrogen functional groups attached to an aromatic ring is 1. The van der Waals surface area contributed by atoms with E-state index < -0.39 is 0 Å². The first kappa shape index (κ1) is 12.8. The van der Waals surface area contributed by atoms with Gasteiger partial charge in [0.25, 0.3) is 0 Å². The number of hydrogen-bond donors (Lipinski definition) is 2. The number of hydrogen-bond acceptors (Lipinski definition) is 5. The minimum absolute atomic E-state index is 0.419. The molecule has 1 aliphatic heterocycles. The number of rotatable bonds is 5. The van der Waals surface area contributed by atoms with Gasteiger partial charge >= 0.3 is 0 Å². The van der Waals surface area contributed by atoms with Crippen molar-refractivity contribution in [2.24, 2.45) is 5.92 Å². The molecule has 0 saturated carbocycles. The second-order valence-electron chi connectivity index (χ2n) is 4.52. The molecule has 1 unspecified atom stereocenters. The molecule has 0 fully saturated rings. The van der Waals surface area contributed by atoms with Gasteiger partial charge in [-0.25, -0.2) is 0 Å². The van der Waals surface area contributed by atoms with Crippen LogP contribution in [0.5, 0.6) is 11.5 Å². The summed E-state index contributed by atoms with van der Waals surface area (Å²) in [7, 11) is 1.70. The Morgan fingerprint density at radius 1 is 1.33 bits per heavy atom. The van der Waals surface area contributed by atoms with Crippen LogP contribution < -0.4 is 20.5 Å². The van der Waals surface area contributed by atoms with Crippen LogP contribution >= 0.6 is 0 Å². The van der Waals surface area contributed by atoms with Crippen LogP contribution in [0.25, 0.3) is 0 Å². The zero-order valence-corrected chi connectivity index (χ0v) is 10.9. The molecule has 0 radical (unpaired) electrons. The summed E-state index contributed by atoms with van der Waals surface area (Å²) in [5.74, 6) is 1.88. The maximum absolute atomic E-state index is 5.98. The van der Waals surface area contributed by atoms with Crippen molar-refractivity contribution in [3.8, 4) is 11.5 Å². The van der Waals surface area contributed by atoms with Crippen LogP contribution in [-0.2, 0) is 4.74 Å². The van der Waals surface area contributed by atoms with Gasteiger partial charge in [-0.15, -0.1) is 0 Å². The summed E-state index contributed by atoms with van der Waals surface area (Å²) in [6.07, 6.45) is 0. The first-order valence-corrected chi connectivity index (χ1v) is 6.12. The molecule has 2 rings (SSSR count). The van der Waals surface area contributed by atoms with Gasteiger partial charge in [0, 0.05) is 25.8 Å². The lowest BCUT2D eigenvalue weighted by molar-refractivity contribution is 0.164. The van der Waals surface area contributed by atoms with Gasteiger partial charge in [0.1, 0.15) is 13.2 Å². The first-order chi connectivity index (χ1) is 8.70. The average Bonchev–Trinajstić information content (AvgIpc) is 2.36. The molecule has 3 N–H and O–H groups in total. The zero-order valence-electron chi connectivity index (χ0n) is 10.9. The highest BCUT2D eigenvalue weighted by Crippen LogP contribution is 2.36. The third-order valence-electron chi connectivity index (χ3n) is 2.81. The number of methoxy groups -OCH3 is 1. The van der Waals surface area contributed by atoms with Crippen molar-refractivity contribution in [3.63, 3.8) is 0 Å². The van der Waals surface area contributed by atoms with Gasteiger partial charge in [-0.3, -0.25) is 0 Å². The van der Waals surface area contributed by atoms with Crippen LogP contribution in [-0.4, -0.2) is 33.5 Å². The zero-order chi connectivity index (χ0) is 13.0. The molecular weight excluding hydrogens is 232 g/mol. The highest BCUT2D eigenvalue weighted by atomic mass is 16.6. The number of nitrogens with two attached hydrogens (primary N) is 1. The van der Waals surface area contributed by atoms with Crippen LogP contribution in [0.2, 0.25) is 0 Å². The molecule has 1 aromatic carbocycles. The molecule has 1 aromatic rings. The monoisotopic (exact) mass is 252 g/mol. The molecule has 100 valence electrons. The van der Waals surface area contributed by atoms with E-state index in [1.165, 1.54) is 0 Å². The Morgan fingerprint density at radius 2 is 2.00 bits per heavy atom. The van der Waals surface area contributed by atoms with Crippen LogP contribution in [0.15, 0.2) is 12.1 Å². The maximum atomic E-state index is 5.98. The fraction of sp³-hybridized carbons (Fsp3) is 0.538. The Labute approximate surface area is 107 Å². The number of ether oxygens (including phenoxy) is 3. The second-order valence-corrected chi connectivity index (χ2v) is 4.52. The Bertz CT molecular complexity index is 409. The molecule has 0 amide bonds. The lowest BCUT2D eigenvalue weighted by Gasteiger charge is -2.21. The minimum atomic E-state index is 0.419. The maximum Gasteiger partial charge on any atom is 0.163 e.